The predicted molar refractivity (Wildman–Crippen MR) is 215 cm³/mol. The Morgan fingerprint density at radius 3 is 0.812 bits per heavy atom. The van der Waals surface area contributed by atoms with E-state index in [-0.39, 0.29) is 84.1 Å². The van der Waals surface area contributed by atoms with Crippen molar-refractivity contribution < 1.29 is 128 Å². The van der Waals surface area contributed by atoms with Gasteiger partial charge in [-0.2, -0.15) is 0 Å². The Hall–Kier alpha value is -5.82. The summed E-state index contributed by atoms with van der Waals surface area (Å²) >= 11 is 0. The van der Waals surface area contributed by atoms with Crippen LogP contribution >= 0.6 is 0 Å². The Labute approximate surface area is 399 Å². The van der Waals surface area contributed by atoms with E-state index >= 15 is 0 Å². The third-order valence-corrected chi connectivity index (χ3v) is 5.99. The minimum atomic E-state index is -1.56. The normalized spacial score (nSPS) is 8.94. The van der Waals surface area contributed by atoms with Crippen molar-refractivity contribution in [3.8, 4) is 0 Å². The molecule has 7 heterocycles. The molecular formula is C38H54Cu3N8O15+4. The number of aryl methyl sites for hydroxylation is 4. The molecule has 7 rings (SSSR count). The number of ether oxygens (including phenoxy) is 1. The van der Waals surface area contributed by atoms with Crippen molar-refractivity contribution in [1.29, 1.82) is 0 Å². The van der Waals surface area contributed by atoms with Crippen molar-refractivity contribution in [2.45, 2.75) is 40.5 Å². The van der Waals surface area contributed by atoms with E-state index in [0.29, 0.717) is 0 Å². The van der Waals surface area contributed by atoms with Crippen LogP contribution in [0.4, 0.5) is 0 Å². The number of rotatable bonds is 4. The number of pyridine rings is 4. The van der Waals surface area contributed by atoms with Gasteiger partial charge in [-0.05, 0) is 101 Å². The van der Waals surface area contributed by atoms with E-state index in [0.717, 1.165) is 48.1 Å². The molecule has 0 bridgehead atoms. The van der Waals surface area contributed by atoms with Gasteiger partial charge in [-0.3, -0.25) is 19.9 Å². The number of carboxylic acid groups (broad SMARTS) is 4. The number of carboxylic acids is 4. The van der Waals surface area contributed by atoms with Crippen LogP contribution in [-0.2, 0) is 77.8 Å². The van der Waals surface area contributed by atoms with Gasteiger partial charge in [-0.15, -0.1) is 0 Å². The van der Waals surface area contributed by atoms with Gasteiger partial charge < -0.3 is 97.6 Å². The third kappa shape index (κ3) is 40.3. The van der Waals surface area contributed by atoms with Crippen molar-refractivity contribution >= 4 is 23.9 Å². The minimum Gasteiger partial charge on any atom is -0.573 e. The van der Waals surface area contributed by atoms with Crippen molar-refractivity contribution in [1.82, 2.24) is 40.3 Å². The summed E-state index contributed by atoms with van der Waals surface area (Å²) in [6.45, 7) is 9.89. The van der Waals surface area contributed by atoms with E-state index in [4.69, 9.17) is 4.74 Å². The topological polar surface area (TPSA) is 470 Å². The zero-order chi connectivity index (χ0) is 40.8. The maximum atomic E-state index is 10.0. The maximum Gasteiger partial charge on any atom is 2.00 e. The molecule has 1 aliphatic heterocycles. The van der Waals surface area contributed by atoms with Gasteiger partial charge in [0.05, 0.1) is 35.3 Å². The Kier molecular flexibility index (Phi) is 59.2. The monoisotopic (exact) mass is 1050 g/mol. The van der Waals surface area contributed by atoms with Crippen molar-refractivity contribution in [2.75, 3.05) is 13.2 Å². The van der Waals surface area contributed by atoms with Gasteiger partial charge in [-0.25, -0.2) is 0 Å². The largest absolute Gasteiger partial charge is 2.00 e. The molecule has 1 aliphatic rings. The number of aromatic carboxylic acids is 4. The predicted octanol–water partition coefficient (Wildman–Crippen LogP) is -5.46. The molecule has 0 saturated carbocycles. The SMILES string of the molecule is C1CCOC1.Cc1ccccn1.Cc1ccccn1.Cc1ccccn1.Cc1ccccn1.O.O.O=C([O-])c1cc(C(=O)[O-])[n-]n1.O=C([O-])c1cc(C(=O)[O-])[n-]n1.[Cu+2].[Cu+2].[Cu+2].[OH3+].[OH3+].[OH3+].[OH3+]. The molecule has 6 aromatic rings. The van der Waals surface area contributed by atoms with Crippen LogP contribution in [0.2, 0.25) is 0 Å². The average Bonchev–Trinajstić information content (AvgIpc) is 3.99. The first-order chi connectivity index (χ1) is 26.3. The first kappa shape index (κ1) is 78.6. The smallest absolute Gasteiger partial charge is 0.573 e. The molecule has 16 N–H and O–H groups in total. The maximum absolute atomic E-state index is 10.0. The molecule has 3 radical (unpaired) electrons. The first-order valence-electron chi connectivity index (χ1n) is 16.2. The van der Waals surface area contributed by atoms with E-state index in [1.165, 1.54) is 12.8 Å². The molecule has 0 aliphatic carbocycles. The fraction of sp³-hybridized carbons (Fsp3) is 0.211. The molecule has 23 nitrogen and oxygen atoms in total. The van der Waals surface area contributed by atoms with E-state index in [9.17, 15) is 39.6 Å². The van der Waals surface area contributed by atoms with Gasteiger partial charge in [0.2, 0.25) is 0 Å². The number of aromatic nitrogens is 8. The second-order valence-corrected chi connectivity index (χ2v) is 10.6. The summed E-state index contributed by atoms with van der Waals surface area (Å²) in [5.41, 5.74) is 2.25. The van der Waals surface area contributed by atoms with Gasteiger partial charge in [-0.1, -0.05) is 35.7 Å². The van der Waals surface area contributed by atoms with Crippen LogP contribution in [0.5, 0.6) is 0 Å². The molecule has 1 saturated heterocycles. The van der Waals surface area contributed by atoms with Gasteiger partial charge in [0.15, 0.2) is 0 Å². The summed E-state index contributed by atoms with van der Waals surface area (Å²) in [5.74, 6) is -6.26. The van der Waals surface area contributed by atoms with Crippen LogP contribution in [0.15, 0.2) is 110 Å². The molecule has 0 spiro atoms. The Balaban J connectivity index is -0.0000000779. The van der Waals surface area contributed by atoms with Gasteiger partial charge in [0.1, 0.15) is 0 Å². The first-order valence-corrected chi connectivity index (χ1v) is 16.2. The molecule has 64 heavy (non-hydrogen) atoms. The fourth-order valence-corrected chi connectivity index (χ4v) is 3.29. The average molecular weight is 1050 g/mol. The Bertz CT molecular complexity index is 1690. The van der Waals surface area contributed by atoms with Crippen LogP contribution in [0.1, 0.15) is 77.6 Å². The minimum absolute atomic E-state index is 0. The molecule has 0 unspecified atom stereocenters. The summed E-state index contributed by atoms with van der Waals surface area (Å²) in [6, 6.07) is 25.0. The number of hydrogen-bond donors (Lipinski definition) is 0. The van der Waals surface area contributed by atoms with Crippen molar-refractivity contribution in [3.05, 3.63) is 155 Å². The molecular weight excluding hydrogens is 999 g/mol. The number of carbonyl (C=O) groups is 4. The molecule has 365 valence electrons. The van der Waals surface area contributed by atoms with E-state index in [1.807, 2.05) is 100 Å². The number of nitrogens with zero attached hydrogens (tertiary/aromatic N) is 8. The van der Waals surface area contributed by atoms with E-state index < -0.39 is 46.7 Å². The van der Waals surface area contributed by atoms with E-state index in [1.54, 1.807) is 24.8 Å². The van der Waals surface area contributed by atoms with Crippen LogP contribution in [0.3, 0.4) is 0 Å². The summed E-state index contributed by atoms with van der Waals surface area (Å²) < 4.78 is 4.94. The standard InChI is InChI=1S/4C6H7N.2C5H4N2O4.C4H8O.3Cu.6H2O/c4*1-6-4-2-3-5-7-6;2*8-4(9)2-1-3(5(10)11)7-6-2;1-2-4-5-3-1;;;;;;;;;/h4*2-5H,1H3;2*1H,(H3,6,7,8,9,10,11);1-4H2;;;;6*1H2/q;;;;;;;3*+2;;;;;;/p-2. The van der Waals surface area contributed by atoms with Crippen LogP contribution in [0.25, 0.3) is 0 Å². The molecule has 6 aromatic heterocycles. The summed E-state index contributed by atoms with van der Waals surface area (Å²) in [6.07, 6.45) is 9.70. The van der Waals surface area contributed by atoms with Crippen molar-refractivity contribution in [3.63, 3.8) is 0 Å². The van der Waals surface area contributed by atoms with Crippen LogP contribution in [0, 0.1) is 27.7 Å². The summed E-state index contributed by atoms with van der Waals surface area (Å²) in [5, 5.41) is 52.1. The zero-order valence-corrected chi connectivity index (χ0v) is 37.5. The van der Waals surface area contributed by atoms with Gasteiger partial charge >= 0.3 is 51.2 Å². The quantitative estimate of drug-likeness (QED) is 0.117. The van der Waals surface area contributed by atoms with Crippen molar-refractivity contribution in [2.24, 2.45) is 0 Å². The molecule has 0 amide bonds. The molecule has 0 aromatic carbocycles. The van der Waals surface area contributed by atoms with Gasteiger partial charge in [0, 0.05) is 60.8 Å². The third-order valence-electron chi connectivity index (χ3n) is 5.99. The molecule has 26 heteroatoms. The van der Waals surface area contributed by atoms with E-state index in [2.05, 4.69) is 40.3 Å². The second kappa shape index (κ2) is 48.2. The molecule has 0 atom stereocenters. The summed E-state index contributed by atoms with van der Waals surface area (Å²) in [4.78, 5) is 56.0. The Morgan fingerprint density at radius 2 is 0.719 bits per heavy atom. The Morgan fingerprint density at radius 1 is 0.469 bits per heavy atom. The number of carbonyl (C=O) groups excluding carboxylic acids is 4. The van der Waals surface area contributed by atoms with Crippen LogP contribution < -0.4 is 30.6 Å². The molecule has 1 fully saturated rings. The second-order valence-electron chi connectivity index (χ2n) is 10.6. The van der Waals surface area contributed by atoms with Gasteiger partial charge in [0.25, 0.3) is 0 Å². The zero-order valence-electron chi connectivity index (χ0n) is 34.7. The fourth-order valence-electron chi connectivity index (χ4n) is 3.29. The number of hydrogen-bond acceptors (Lipinski definition) is 15. The van der Waals surface area contributed by atoms with Crippen LogP contribution in [-0.4, -0.2) is 78.2 Å². The summed E-state index contributed by atoms with van der Waals surface area (Å²) in [7, 11) is 0.